The highest BCUT2D eigenvalue weighted by Gasteiger charge is 2.27. The number of para-hydroxylation sites is 1. The van der Waals surface area contributed by atoms with Gasteiger partial charge in [0.2, 0.25) is 0 Å². The lowest BCUT2D eigenvalue weighted by molar-refractivity contribution is 0.497. The van der Waals surface area contributed by atoms with E-state index >= 15 is 0 Å². The number of piperidine rings is 1. The fraction of sp³-hybridized carbons (Fsp3) is 0.440. The van der Waals surface area contributed by atoms with Gasteiger partial charge in [0.25, 0.3) is 5.56 Å². The van der Waals surface area contributed by atoms with E-state index in [4.69, 9.17) is 5.73 Å². The van der Waals surface area contributed by atoms with Crippen LogP contribution < -0.4 is 21.9 Å². The van der Waals surface area contributed by atoms with Crippen molar-refractivity contribution in [3.63, 3.8) is 0 Å². The summed E-state index contributed by atoms with van der Waals surface area (Å²) in [5.41, 5.74) is 9.35. The van der Waals surface area contributed by atoms with E-state index in [1.807, 2.05) is 49.6 Å². The molecule has 0 amide bonds. The monoisotopic (exact) mass is 461 g/mol. The molecule has 0 aliphatic carbocycles. The molecule has 4 heterocycles. The number of hydrogen-bond donors (Lipinski definition) is 1. The van der Waals surface area contributed by atoms with Crippen LogP contribution in [0.5, 0.6) is 0 Å². The number of nitrogens with two attached hydrogens (primary N) is 1. The van der Waals surface area contributed by atoms with Gasteiger partial charge in [0.05, 0.1) is 17.6 Å². The second kappa shape index (κ2) is 8.39. The van der Waals surface area contributed by atoms with Crippen molar-refractivity contribution in [2.45, 2.75) is 52.7 Å². The van der Waals surface area contributed by atoms with E-state index in [1.54, 1.807) is 11.6 Å². The van der Waals surface area contributed by atoms with Crippen LogP contribution in [-0.2, 0) is 20.1 Å². The largest absolute Gasteiger partial charge is 0.356 e. The Bertz CT molecular complexity index is 1530. The molecule has 9 nitrogen and oxygen atoms in total. The van der Waals surface area contributed by atoms with Gasteiger partial charge in [-0.05, 0) is 39.7 Å². The number of nitrogens with zero attached hydrogens (tertiary/aromatic N) is 6. The first-order valence-electron chi connectivity index (χ1n) is 11.9. The number of fused-ring (bicyclic) bond motifs is 2. The first kappa shape index (κ1) is 22.3. The maximum Gasteiger partial charge on any atom is 0.331 e. The van der Waals surface area contributed by atoms with Crippen LogP contribution in [0.15, 0.2) is 33.9 Å². The van der Waals surface area contributed by atoms with E-state index in [-0.39, 0.29) is 23.8 Å². The predicted octanol–water partition coefficient (Wildman–Crippen LogP) is 2.06. The SMILES string of the molecule is CCn1c(N2CCC[C@@H](N)C2)c(C)c2c1c(=O)n(Cc1nc(C)c3ccccc3n1)c(=O)n2C. The lowest BCUT2D eigenvalue weighted by atomic mass is 10.1. The summed E-state index contributed by atoms with van der Waals surface area (Å²) in [5.74, 6) is 1.43. The second-order valence-corrected chi connectivity index (χ2v) is 9.21. The standard InChI is InChI=1S/C25H31N7O2/c1-5-31-22-21(15(2)23(31)30-12-8-9-17(26)13-30)29(4)25(34)32(24(22)33)14-20-27-16(3)18-10-6-7-11-19(18)28-20/h6-7,10-11,17H,5,8-9,12-14,26H2,1-4H3/t17-/m1/s1. The molecule has 0 spiro atoms. The Morgan fingerprint density at radius 3 is 2.59 bits per heavy atom. The molecule has 1 aliphatic rings. The molecule has 1 saturated heterocycles. The molecule has 1 aliphatic heterocycles. The Balaban J connectivity index is 1.70. The summed E-state index contributed by atoms with van der Waals surface area (Å²) in [4.78, 5) is 38.6. The molecule has 3 aromatic heterocycles. The Labute approximate surface area is 197 Å². The Kier molecular flexibility index (Phi) is 5.51. The minimum Gasteiger partial charge on any atom is -0.356 e. The van der Waals surface area contributed by atoms with Crippen LogP contribution in [-0.4, -0.2) is 42.8 Å². The topological polar surface area (TPSA) is 104 Å². The summed E-state index contributed by atoms with van der Waals surface area (Å²) in [6.07, 6.45) is 2.01. The summed E-state index contributed by atoms with van der Waals surface area (Å²) in [6.45, 7) is 8.19. The van der Waals surface area contributed by atoms with Crippen LogP contribution in [0.1, 0.15) is 36.8 Å². The molecule has 9 heteroatoms. The minimum atomic E-state index is -0.370. The molecular formula is C25H31N7O2. The summed E-state index contributed by atoms with van der Waals surface area (Å²) in [6, 6.07) is 7.85. The number of rotatable bonds is 4. The van der Waals surface area contributed by atoms with Gasteiger partial charge in [0.1, 0.15) is 17.2 Å². The maximum atomic E-state index is 13.8. The molecule has 1 fully saturated rings. The van der Waals surface area contributed by atoms with Crippen molar-refractivity contribution in [1.82, 2.24) is 23.7 Å². The number of hydrogen-bond acceptors (Lipinski definition) is 6. The highest BCUT2D eigenvalue weighted by molar-refractivity contribution is 5.86. The van der Waals surface area contributed by atoms with E-state index in [0.717, 1.165) is 53.9 Å². The van der Waals surface area contributed by atoms with E-state index < -0.39 is 0 Å². The highest BCUT2D eigenvalue weighted by atomic mass is 16.2. The molecule has 1 atom stereocenters. The van der Waals surface area contributed by atoms with Crippen LogP contribution in [0.25, 0.3) is 21.9 Å². The molecule has 34 heavy (non-hydrogen) atoms. The van der Waals surface area contributed by atoms with Crippen LogP contribution in [0.3, 0.4) is 0 Å². The molecule has 2 N–H and O–H groups in total. The van der Waals surface area contributed by atoms with Crippen molar-refractivity contribution < 1.29 is 0 Å². The molecule has 0 unspecified atom stereocenters. The summed E-state index contributed by atoms with van der Waals surface area (Å²) in [5, 5.41) is 0.960. The van der Waals surface area contributed by atoms with Gasteiger partial charge in [0.15, 0.2) is 0 Å². The number of aryl methyl sites for hydroxylation is 4. The number of anilines is 1. The maximum absolute atomic E-state index is 13.8. The third-order valence-electron chi connectivity index (χ3n) is 6.95. The number of aromatic nitrogens is 5. The minimum absolute atomic E-state index is 0.0188. The normalized spacial score (nSPS) is 16.6. The van der Waals surface area contributed by atoms with Crippen molar-refractivity contribution in [1.29, 1.82) is 0 Å². The predicted molar refractivity (Wildman–Crippen MR) is 135 cm³/mol. The average Bonchev–Trinajstić information content (AvgIpc) is 3.12. The average molecular weight is 462 g/mol. The Hall–Kier alpha value is -3.46. The fourth-order valence-electron chi connectivity index (χ4n) is 5.40. The van der Waals surface area contributed by atoms with Gasteiger partial charge >= 0.3 is 5.69 Å². The van der Waals surface area contributed by atoms with Gasteiger partial charge in [-0.25, -0.2) is 14.8 Å². The zero-order valence-electron chi connectivity index (χ0n) is 20.2. The van der Waals surface area contributed by atoms with E-state index in [1.165, 1.54) is 4.57 Å². The van der Waals surface area contributed by atoms with Crippen molar-refractivity contribution >= 4 is 27.8 Å². The van der Waals surface area contributed by atoms with Crippen molar-refractivity contribution in [3.8, 4) is 0 Å². The third-order valence-corrected chi connectivity index (χ3v) is 6.95. The summed E-state index contributed by atoms with van der Waals surface area (Å²) in [7, 11) is 1.73. The molecule has 1 aromatic carbocycles. The quantitative estimate of drug-likeness (QED) is 0.499. The summed E-state index contributed by atoms with van der Waals surface area (Å²) >= 11 is 0. The molecule has 0 saturated carbocycles. The van der Waals surface area contributed by atoms with Crippen LogP contribution >= 0.6 is 0 Å². The fourth-order valence-corrected chi connectivity index (χ4v) is 5.40. The van der Waals surface area contributed by atoms with Crippen LogP contribution in [0.4, 0.5) is 5.82 Å². The van der Waals surface area contributed by atoms with Crippen LogP contribution in [0, 0.1) is 13.8 Å². The highest BCUT2D eigenvalue weighted by Crippen LogP contribution is 2.31. The van der Waals surface area contributed by atoms with Gasteiger partial charge in [-0.2, -0.15) is 0 Å². The lowest BCUT2D eigenvalue weighted by Gasteiger charge is -2.33. The Morgan fingerprint density at radius 2 is 1.85 bits per heavy atom. The zero-order chi connectivity index (χ0) is 24.1. The van der Waals surface area contributed by atoms with Gasteiger partial charge < -0.3 is 15.2 Å². The smallest absolute Gasteiger partial charge is 0.331 e. The first-order valence-corrected chi connectivity index (χ1v) is 11.9. The number of benzene rings is 1. The van der Waals surface area contributed by atoms with E-state index in [9.17, 15) is 9.59 Å². The van der Waals surface area contributed by atoms with Crippen molar-refractivity contribution in [2.24, 2.45) is 12.8 Å². The van der Waals surface area contributed by atoms with Gasteiger partial charge in [-0.1, -0.05) is 18.2 Å². The summed E-state index contributed by atoms with van der Waals surface area (Å²) < 4.78 is 4.87. The molecule has 178 valence electrons. The second-order valence-electron chi connectivity index (χ2n) is 9.21. The van der Waals surface area contributed by atoms with Gasteiger partial charge in [-0.3, -0.25) is 13.9 Å². The Morgan fingerprint density at radius 1 is 1.09 bits per heavy atom. The van der Waals surface area contributed by atoms with E-state index in [2.05, 4.69) is 14.9 Å². The third kappa shape index (κ3) is 3.42. The van der Waals surface area contributed by atoms with Crippen molar-refractivity contribution in [3.05, 3.63) is 62.2 Å². The van der Waals surface area contributed by atoms with Crippen LogP contribution in [0.2, 0.25) is 0 Å². The first-order chi connectivity index (χ1) is 16.3. The van der Waals surface area contributed by atoms with Gasteiger partial charge in [0, 0.05) is 49.4 Å². The van der Waals surface area contributed by atoms with Crippen molar-refractivity contribution in [2.75, 3.05) is 18.0 Å². The molecule has 5 rings (SSSR count). The molecule has 4 aromatic rings. The van der Waals surface area contributed by atoms with Gasteiger partial charge in [-0.15, -0.1) is 0 Å². The van der Waals surface area contributed by atoms with E-state index in [0.29, 0.717) is 23.4 Å². The zero-order valence-corrected chi connectivity index (χ0v) is 20.2. The molecule has 0 bridgehead atoms. The lowest BCUT2D eigenvalue weighted by Crippen LogP contribution is -2.44. The molecule has 0 radical (unpaired) electrons. The molecular weight excluding hydrogens is 430 g/mol.